The van der Waals surface area contributed by atoms with Gasteiger partial charge in [0.2, 0.25) is 10.0 Å². The Balaban J connectivity index is 3.39. The molecule has 0 bridgehead atoms. The monoisotopic (exact) mass is 354 g/mol. The topological polar surface area (TPSA) is 89.3 Å². The molecule has 3 N–H and O–H groups in total. The Labute approximate surface area is 119 Å². The van der Waals surface area contributed by atoms with E-state index >= 15 is 0 Å². The van der Waals surface area contributed by atoms with Gasteiger partial charge in [-0.1, -0.05) is 27.5 Å². The lowest BCUT2D eigenvalue weighted by atomic mass is 10.2. The number of hydrogen-bond donors (Lipinski definition) is 2. The van der Waals surface area contributed by atoms with Gasteiger partial charge >= 0.3 is 0 Å². The zero-order chi connectivity index (χ0) is 14.1. The van der Waals surface area contributed by atoms with Crippen LogP contribution in [-0.4, -0.2) is 20.4 Å². The molecule has 0 aliphatic heterocycles. The maximum Gasteiger partial charge on any atom is 0.253 e. The van der Waals surface area contributed by atoms with Crippen molar-refractivity contribution >= 4 is 43.5 Å². The molecule has 0 heterocycles. The summed E-state index contributed by atoms with van der Waals surface area (Å²) in [6.45, 7) is 3.56. The maximum atomic E-state index is 11.9. The van der Waals surface area contributed by atoms with E-state index in [9.17, 15) is 13.2 Å². The van der Waals surface area contributed by atoms with Crippen LogP contribution in [0.1, 0.15) is 24.2 Å². The van der Waals surface area contributed by atoms with Crippen LogP contribution in [0, 0.1) is 0 Å². The van der Waals surface area contributed by atoms with Crippen molar-refractivity contribution in [3.8, 4) is 0 Å². The zero-order valence-corrected chi connectivity index (χ0v) is 12.9. The third-order valence-corrected chi connectivity index (χ3v) is 3.89. The number of carbonyl (C=O) groups excluding carboxylic acids is 1. The first kappa shape index (κ1) is 15.4. The van der Waals surface area contributed by atoms with Gasteiger partial charge in [0.1, 0.15) is 4.90 Å². The fourth-order valence-corrected chi connectivity index (χ4v) is 3.05. The minimum Gasteiger partial charge on any atom is -0.350 e. The van der Waals surface area contributed by atoms with Crippen LogP contribution in [0.15, 0.2) is 21.5 Å². The van der Waals surface area contributed by atoms with Crippen molar-refractivity contribution in [2.45, 2.75) is 24.8 Å². The fourth-order valence-electron chi connectivity index (χ4n) is 1.28. The van der Waals surface area contributed by atoms with E-state index in [1.165, 1.54) is 12.1 Å². The number of carbonyl (C=O) groups is 1. The van der Waals surface area contributed by atoms with Gasteiger partial charge in [-0.15, -0.1) is 0 Å². The Morgan fingerprint density at radius 3 is 2.44 bits per heavy atom. The number of nitrogens with two attached hydrogens (primary N) is 1. The summed E-state index contributed by atoms with van der Waals surface area (Å²) in [5.41, 5.74) is 0.0590. The van der Waals surface area contributed by atoms with Gasteiger partial charge in [0, 0.05) is 10.5 Å². The molecule has 0 saturated carbocycles. The van der Waals surface area contributed by atoms with Crippen LogP contribution in [0.5, 0.6) is 0 Å². The van der Waals surface area contributed by atoms with E-state index in [0.717, 1.165) is 0 Å². The van der Waals surface area contributed by atoms with Crippen molar-refractivity contribution in [1.82, 2.24) is 5.32 Å². The summed E-state index contributed by atoms with van der Waals surface area (Å²) < 4.78 is 23.1. The van der Waals surface area contributed by atoms with E-state index in [1.54, 1.807) is 13.8 Å². The molecule has 0 aliphatic rings. The van der Waals surface area contributed by atoms with Crippen LogP contribution in [0.3, 0.4) is 0 Å². The lowest BCUT2D eigenvalue weighted by molar-refractivity contribution is 0.0943. The molecule has 1 aromatic carbocycles. The molecule has 8 heteroatoms. The summed E-state index contributed by atoms with van der Waals surface area (Å²) in [5.74, 6) is -0.457. The van der Waals surface area contributed by atoms with Crippen LogP contribution in [0.25, 0.3) is 0 Å². The molecule has 0 aliphatic carbocycles. The number of benzene rings is 1. The number of nitrogens with one attached hydrogen (secondary N) is 1. The Morgan fingerprint density at radius 1 is 1.44 bits per heavy atom. The zero-order valence-electron chi connectivity index (χ0n) is 9.70. The number of primary sulfonamides is 1. The van der Waals surface area contributed by atoms with Crippen molar-refractivity contribution in [2.24, 2.45) is 5.14 Å². The number of rotatable bonds is 3. The lowest BCUT2D eigenvalue weighted by Gasteiger charge is -2.12. The van der Waals surface area contributed by atoms with Crippen LogP contribution in [-0.2, 0) is 10.0 Å². The van der Waals surface area contributed by atoms with E-state index in [-0.39, 0.29) is 21.5 Å². The summed E-state index contributed by atoms with van der Waals surface area (Å²) in [6.07, 6.45) is 0. The second-order valence-corrected chi connectivity index (χ2v) is 6.76. The number of amides is 1. The highest BCUT2D eigenvalue weighted by Gasteiger charge is 2.21. The van der Waals surface area contributed by atoms with E-state index in [0.29, 0.717) is 4.47 Å². The van der Waals surface area contributed by atoms with Gasteiger partial charge in [0.15, 0.2) is 0 Å². The molecule has 18 heavy (non-hydrogen) atoms. The predicted octanol–water partition coefficient (Wildman–Crippen LogP) is 1.89. The third-order valence-electron chi connectivity index (χ3n) is 1.97. The molecule has 0 radical (unpaired) electrons. The minimum absolute atomic E-state index is 0.0590. The summed E-state index contributed by atoms with van der Waals surface area (Å²) in [7, 11) is -3.98. The highest BCUT2D eigenvalue weighted by Crippen LogP contribution is 2.28. The van der Waals surface area contributed by atoms with E-state index in [1.807, 2.05) is 0 Å². The minimum atomic E-state index is -3.98. The van der Waals surface area contributed by atoms with E-state index in [4.69, 9.17) is 16.7 Å². The average Bonchev–Trinajstić information content (AvgIpc) is 2.18. The lowest BCUT2D eigenvalue weighted by Crippen LogP contribution is -2.30. The quantitative estimate of drug-likeness (QED) is 0.867. The normalized spacial score (nSPS) is 11.7. The molecule has 0 spiro atoms. The summed E-state index contributed by atoms with van der Waals surface area (Å²) in [5, 5.41) is 7.48. The number of sulfonamides is 1. The Morgan fingerprint density at radius 2 is 2.00 bits per heavy atom. The van der Waals surface area contributed by atoms with E-state index in [2.05, 4.69) is 21.2 Å². The third kappa shape index (κ3) is 3.68. The number of hydrogen-bond acceptors (Lipinski definition) is 3. The summed E-state index contributed by atoms with van der Waals surface area (Å²) in [6, 6.07) is 2.60. The Bertz CT molecular complexity index is 587. The van der Waals surface area contributed by atoms with E-state index < -0.39 is 15.9 Å². The fraction of sp³-hybridized carbons (Fsp3) is 0.300. The van der Waals surface area contributed by atoms with Gasteiger partial charge in [0.05, 0.1) is 10.6 Å². The van der Waals surface area contributed by atoms with Crippen molar-refractivity contribution in [1.29, 1.82) is 0 Å². The molecule has 1 aromatic rings. The molecule has 100 valence electrons. The highest BCUT2D eigenvalue weighted by molar-refractivity contribution is 9.10. The molecule has 0 saturated heterocycles. The smallest absolute Gasteiger partial charge is 0.253 e. The van der Waals surface area contributed by atoms with Gasteiger partial charge in [0.25, 0.3) is 5.91 Å². The molecule has 1 amide bonds. The van der Waals surface area contributed by atoms with Gasteiger partial charge in [-0.25, -0.2) is 13.6 Å². The highest BCUT2D eigenvalue weighted by atomic mass is 79.9. The van der Waals surface area contributed by atoms with Crippen LogP contribution >= 0.6 is 27.5 Å². The van der Waals surface area contributed by atoms with Gasteiger partial charge in [-0.3, -0.25) is 4.79 Å². The largest absolute Gasteiger partial charge is 0.350 e. The second kappa shape index (κ2) is 5.56. The Hall–Kier alpha value is -0.630. The van der Waals surface area contributed by atoms with Crippen LogP contribution in [0.4, 0.5) is 0 Å². The molecular formula is C10H12BrClN2O3S. The van der Waals surface area contributed by atoms with Crippen LogP contribution < -0.4 is 10.5 Å². The molecule has 0 aromatic heterocycles. The second-order valence-electron chi connectivity index (χ2n) is 3.94. The first-order valence-corrected chi connectivity index (χ1v) is 7.67. The number of halogens is 2. The van der Waals surface area contributed by atoms with Crippen molar-refractivity contribution in [3.05, 3.63) is 27.2 Å². The summed E-state index contributed by atoms with van der Waals surface area (Å²) in [4.78, 5) is 11.6. The molecule has 1 rings (SSSR count). The van der Waals surface area contributed by atoms with Crippen molar-refractivity contribution in [3.63, 3.8) is 0 Å². The molecular weight excluding hydrogens is 344 g/mol. The first-order valence-electron chi connectivity index (χ1n) is 4.95. The predicted molar refractivity (Wildman–Crippen MR) is 73.1 cm³/mol. The summed E-state index contributed by atoms with van der Waals surface area (Å²) >= 11 is 9.02. The van der Waals surface area contributed by atoms with Crippen molar-refractivity contribution < 1.29 is 13.2 Å². The molecule has 5 nitrogen and oxygen atoms in total. The average molecular weight is 356 g/mol. The van der Waals surface area contributed by atoms with Crippen molar-refractivity contribution in [2.75, 3.05) is 0 Å². The molecule has 0 atom stereocenters. The Kier molecular flexibility index (Phi) is 4.77. The maximum absolute atomic E-state index is 11.9. The van der Waals surface area contributed by atoms with Gasteiger partial charge < -0.3 is 5.32 Å². The molecule has 0 fully saturated rings. The standard InChI is InChI=1S/C10H12BrClN2O3S/c1-5(2)14-10(15)7-3-6(11)4-8(9(7)12)18(13,16)17/h3-5H,1-2H3,(H,14,15)(H2,13,16,17). The van der Waals surface area contributed by atoms with Gasteiger partial charge in [-0.05, 0) is 26.0 Å². The van der Waals surface area contributed by atoms with Gasteiger partial charge in [-0.2, -0.15) is 0 Å². The first-order chi connectivity index (χ1) is 8.12. The molecule has 0 unspecified atom stereocenters. The van der Waals surface area contributed by atoms with Crippen LogP contribution in [0.2, 0.25) is 5.02 Å². The SMILES string of the molecule is CC(C)NC(=O)c1cc(Br)cc(S(N)(=O)=O)c1Cl.